The van der Waals surface area contributed by atoms with Gasteiger partial charge in [-0.1, -0.05) is 32.0 Å². The Morgan fingerprint density at radius 1 is 1.39 bits per heavy atom. The maximum absolute atomic E-state index is 9.80. The van der Waals surface area contributed by atoms with Crippen LogP contribution in [0, 0.1) is 5.92 Å². The zero-order valence-corrected chi connectivity index (χ0v) is 12.0. The number of benzene rings is 1. The first-order chi connectivity index (χ1) is 8.65. The zero-order chi connectivity index (χ0) is 13.0. The van der Waals surface area contributed by atoms with Crippen molar-refractivity contribution in [1.82, 2.24) is 5.32 Å². The molecule has 0 fully saturated rings. The Balaban J connectivity index is 1.68. The van der Waals surface area contributed by atoms with Crippen molar-refractivity contribution >= 4 is 11.8 Å². The third-order valence-electron chi connectivity index (χ3n) is 3.21. The molecule has 2 atom stereocenters. The van der Waals surface area contributed by atoms with E-state index in [-0.39, 0.29) is 6.10 Å². The van der Waals surface area contributed by atoms with Gasteiger partial charge < -0.3 is 10.4 Å². The molecule has 0 amide bonds. The number of rotatable bonds is 6. The molecule has 0 saturated carbocycles. The zero-order valence-electron chi connectivity index (χ0n) is 11.2. The first kappa shape index (κ1) is 13.9. The standard InChI is InChI=1S/C15H23NOS/c1-11(2)7-13(17)9-16-10-14-8-12-5-3-4-6-15(12)18-14/h3-6,11,13-14,16-17H,7-10H2,1-2H3. The van der Waals surface area contributed by atoms with E-state index in [0.717, 1.165) is 19.4 Å². The van der Waals surface area contributed by atoms with Gasteiger partial charge in [0.2, 0.25) is 0 Å². The van der Waals surface area contributed by atoms with E-state index < -0.39 is 0 Å². The third kappa shape index (κ3) is 4.01. The Labute approximate surface area is 114 Å². The molecular weight excluding hydrogens is 242 g/mol. The maximum atomic E-state index is 9.80. The predicted octanol–water partition coefficient (Wildman–Crippen LogP) is 2.70. The number of aliphatic hydroxyl groups excluding tert-OH is 1. The molecule has 1 aliphatic rings. The lowest BCUT2D eigenvalue weighted by Gasteiger charge is -2.15. The van der Waals surface area contributed by atoms with Crippen molar-refractivity contribution in [2.24, 2.45) is 5.92 Å². The molecule has 1 aromatic carbocycles. The summed E-state index contributed by atoms with van der Waals surface area (Å²) in [7, 11) is 0. The Hall–Kier alpha value is -0.510. The molecule has 0 aromatic heterocycles. The SMILES string of the molecule is CC(C)CC(O)CNCC1Cc2ccccc2S1. The van der Waals surface area contributed by atoms with Crippen LogP contribution >= 0.6 is 11.8 Å². The van der Waals surface area contributed by atoms with E-state index in [1.54, 1.807) is 0 Å². The Morgan fingerprint density at radius 3 is 2.89 bits per heavy atom. The van der Waals surface area contributed by atoms with Gasteiger partial charge in [0.1, 0.15) is 0 Å². The van der Waals surface area contributed by atoms with E-state index in [9.17, 15) is 5.11 Å². The van der Waals surface area contributed by atoms with Gasteiger partial charge >= 0.3 is 0 Å². The molecule has 100 valence electrons. The molecule has 2 nitrogen and oxygen atoms in total. The molecular formula is C15H23NOS. The summed E-state index contributed by atoms with van der Waals surface area (Å²) in [5.74, 6) is 0.562. The van der Waals surface area contributed by atoms with Crippen molar-refractivity contribution in [3.63, 3.8) is 0 Å². The first-order valence-electron chi connectivity index (χ1n) is 6.78. The van der Waals surface area contributed by atoms with Crippen LogP contribution in [0.1, 0.15) is 25.8 Å². The highest BCUT2D eigenvalue weighted by Crippen LogP contribution is 2.36. The summed E-state index contributed by atoms with van der Waals surface area (Å²) in [6, 6.07) is 8.64. The molecule has 0 radical (unpaired) electrons. The molecule has 1 aromatic rings. The van der Waals surface area contributed by atoms with Crippen LogP contribution in [-0.4, -0.2) is 29.5 Å². The van der Waals surface area contributed by atoms with Crippen molar-refractivity contribution < 1.29 is 5.11 Å². The van der Waals surface area contributed by atoms with Gasteiger partial charge in [0, 0.05) is 23.2 Å². The molecule has 1 heterocycles. The topological polar surface area (TPSA) is 32.3 Å². The van der Waals surface area contributed by atoms with Gasteiger partial charge in [0.25, 0.3) is 0 Å². The fourth-order valence-electron chi connectivity index (χ4n) is 2.41. The van der Waals surface area contributed by atoms with Crippen LogP contribution in [0.3, 0.4) is 0 Å². The summed E-state index contributed by atoms with van der Waals surface area (Å²) < 4.78 is 0. The second kappa shape index (κ2) is 6.60. The minimum Gasteiger partial charge on any atom is -0.392 e. The quantitative estimate of drug-likeness (QED) is 0.829. The number of nitrogens with one attached hydrogen (secondary N) is 1. The van der Waals surface area contributed by atoms with Crippen LogP contribution in [0.4, 0.5) is 0 Å². The molecule has 18 heavy (non-hydrogen) atoms. The van der Waals surface area contributed by atoms with Crippen LogP contribution in [0.15, 0.2) is 29.2 Å². The first-order valence-corrected chi connectivity index (χ1v) is 7.66. The number of hydrogen-bond donors (Lipinski definition) is 2. The normalized spacial score (nSPS) is 20.1. The predicted molar refractivity (Wildman–Crippen MR) is 78.1 cm³/mol. The fraction of sp³-hybridized carbons (Fsp3) is 0.600. The summed E-state index contributed by atoms with van der Waals surface area (Å²) in [6.45, 7) is 5.99. The summed E-state index contributed by atoms with van der Waals surface area (Å²) in [5.41, 5.74) is 1.47. The van der Waals surface area contributed by atoms with Gasteiger partial charge in [-0.25, -0.2) is 0 Å². The molecule has 0 aliphatic carbocycles. The van der Waals surface area contributed by atoms with E-state index in [1.807, 2.05) is 11.8 Å². The molecule has 0 bridgehead atoms. The second-order valence-corrected chi connectivity index (χ2v) is 6.84. The monoisotopic (exact) mass is 265 g/mol. The van der Waals surface area contributed by atoms with Crippen LogP contribution in [0.2, 0.25) is 0 Å². The van der Waals surface area contributed by atoms with Crippen molar-refractivity contribution in [2.75, 3.05) is 13.1 Å². The Morgan fingerprint density at radius 2 is 2.17 bits per heavy atom. The average Bonchev–Trinajstić information content (AvgIpc) is 2.70. The lowest BCUT2D eigenvalue weighted by atomic mass is 10.1. The number of fused-ring (bicyclic) bond motifs is 1. The van der Waals surface area contributed by atoms with Crippen LogP contribution in [0.25, 0.3) is 0 Å². The number of aliphatic hydroxyl groups is 1. The molecule has 2 rings (SSSR count). The van der Waals surface area contributed by atoms with Gasteiger partial charge in [-0.15, -0.1) is 11.8 Å². The minimum absolute atomic E-state index is 0.209. The largest absolute Gasteiger partial charge is 0.392 e. The van der Waals surface area contributed by atoms with E-state index in [4.69, 9.17) is 0 Å². The fourth-order valence-corrected chi connectivity index (χ4v) is 3.69. The number of thioether (sulfide) groups is 1. The molecule has 3 heteroatoms. The van der Waals surface area contributed by atoms with Crippen LogP contribution in [-0.2, 0) is 6.42 Å². The Bertz CT molecular complexity index is 356. The van der Waals surface area contributed by atoms with Gasteiger partial charge in [0.15, 0.2) is 0 Å². The van der Waals surface area contributed by atoms with Crippen molar-refractivity contribution in [3.05, 3.63) is 29.8 Å². The van der Waals surface area contributed by atoms with E-state index in [1.165, 1.54) is 10.5 Å². The van der Waals surface area contributed by atoms with Crippen LogP contribution in [0.5, 0.6) is 0 Å². The third-order valence-corrected chi connectivity index (χ3v) is 4.53. The lowest BCUT2D eigenvalue weighted by molar-refractivity contribution is 0.147. The smallest absolute Gasteiger partial charge is 0.0667 e. The van der Waals surface area contributed by atoms with Crippen molar-refractivity contribution in [2.45, 2.75) is 42.9 Å². The highest BCUT2D eigenvalue weighted by atomic mass is 32.2. The molecule has 0 spiro atoms. The second-order valence-electron chi connectivity index (χ2n) is 5.49. The summed E-state index contributed by atoms with van der Waals surface area (Å²) in [4.78, 5) is 1.42. The lowest BCUT2D eigenvalue weighted by Crippen LogP contribution is -2.32. The van der Waals surface area contributed by atoms with E-state index >= 15 is 0 Å². The molecule has 2 N–H and O–H groups in total. The maximum Gasteiger partial charge on any atom is 0.0667 e. The highest BCUT2D eigenvalue weighted by molar-refractivity contribution is 8.00. The van der Waals surface area contributed by atoms with E-state index in [2.05, 4.69) is 43.4 Å². The number of hydrogen-bond acceptors (Lipinski definition) is 3. The van der Waals surface area contributed by atoms with Gasteiger partial charge in [-0.05, 0) is 30.4 Å². The van der Waals surface area contributed by atoms with Gasteiger partial charge in [-0.2, -0.15) is 0 Å². The summed E-state index contributed by atoms with van der Waals surface area (Å²) in [5, 5.41) is 13.8. The van der Waals surface area contributed by atoms with Crippen LogP contribution < -0.4 is 5.32 Å². The van der Waals surface area contributed by atoms with Gasteiger partial charge in [-0.3, -0.25) is 0 Å². The van der Waals surface area contributed by atoms with Crippen molar-refractivity contribution in [3.8, 4) is 0 Å². The molecule has 1 aliphatic heterocycles. The average molecular weight is 265 g/mol. The minimum atomic E-state index is -0.209. The molecule has 0 saturated heterocycles. The Kier molecular flexibility index (Phi) is 5.10. The summed E-state index contributed by atoms with van der Waals surface area (Å²) in [6.07, 6.45) is 1.82. The van der Waals surface area contributed by atoms with E-state index in [0.29, 0.717) is 17.7 Å². The molecule has 2 unspecified atom stereocenters. The highest BCUT2D eigenvalue weighted by Gasteiger charge is 2.21. The van der Waals surface area contributed by atoms with Gasteiger partial charge in [0.05, 0.1) is 6.10 Å². The van der Waals surface area contributed by atoms with Crippen molar-refractivity contribution in [1.29, 1.82) is 0 Å². The summed E-state index contributed by atoms with van der Waals surface area (Å²) >= 11 is 1.96.